The third-order valence-electron chi connectivity index (χ3n) is 3.20. The van der Waals surface area contributed by atoms with Gasteiger partial charge in [-0.1, -0.05) is 6.07 Å². The number of anilines is 2. The summed E-state index contributed by atoms with van der Waals surface area (Å²) in [5.41, 5.74) is -0.0387. The number of halogens is 3. The van der Waals surface area contributed by atoms with E-state index in [4.69, 9.17) is 0 Å². The number of carbonyl (C=O) groups is 1. The van der Waals surface area contributed by atoms with Gasteiger partial charge in [-0.05, 0) is 25.1 Å². The number of aryl methyl sites for hydroxylation is 1. The highest BCUT2D eigenvalue weighted by atomic mass is 19.4. The molecule has 134 valence electrons. The highest BCUT2D eigenvalue weighted by Gasteiger charge is 2.30. The van der Waals surface area contributed by atoms with Gasteiger partial charge in [-0.15, -0.1) is 0 Å². The molecule has 2 amide bonds. The first-order valence-electron chi connectivity index (χ1n) is 7.39. The smallest absolute Gasteiger partial charge is 0.363 e. The zero-order chi connectivity index (χ0) is 18.6. The topological polar surface area (TPSA) is 70.2 Å². The molecule has 0 fully saturated rings. The van der Waals surface area contributed by atoms with Gasteiger partial charge in [-0.25, -0.2) is 14.8 Å². The molecule has 0 radical (unpaired) electrons. The average Bonchev–Trinajstić information content (AvgIpc) is 2.52. The molecule has 0 unspecified atom stereocenters. The minimum absolute atomic E-state index is 0.0477. The van der Waals surface area contributed by atoms with Crippen LogP contribution < -0.4 is 15.5 Å². The number of nitrogens with zero attached hydrogens (tertiary/aromatic N) is 3. The van der Waals surface area contributed by atoms with Gasteiger partial charge < -0.3 is 15.5 Å². The molecule has 0 aliphatic carbocycles. The summed E-state index contributed by atoms with van der Waals surface area (Å²) in [6.45, 7) is 1.86. The first kappa shape index (κ1) is 18.5. The van der Waals surface area contributed by atoms with Crippen molar-refractivity contribution in [1.82, 2.24) is 15.3 Å². The number of amides is 2. The lowest BCUT2D eigenvalue weighted by molar-refractivity contribution is -0.137. The third kappa shape index (κ3) is 5.33. The van der Waals surface area contributed by atoms with Crippen molar-refractivity contribution in [3.8, 4) is 0 Å². The van der Waals surface area contributed by atoms with E-state index in [1.165, 1.54) is 12.1 Å². The van der Waals surface area contributed by atoms with Crippen LogP contribution in [0, 0.1) is 6.92 Å². The van der Waals surface area contributed by atoms with E-state index in [9.17, 15) is 18.0 Å². The highest BCUT2D eigenvalue weighted by molar-refractivity contribution is 5.89. The van der Waals surface area contributed by atoms with E-state index in [-0.39, 0.29) is 12.2 Å². The molecule has 1 heterocycles. The SMILES string of the molecule is Cc1cc(N(C)C)nc(CNC(=O)Nc2cccc(C(F)(F)F)c2)n1. The standard InChI is InChI=1S/C16H18F3N5O/c1-10-7-14(24(2)3)23-13(21-10)9-20-15(25)22-12-6-4-5-11(8-12)16(17,18)19/h4-8H,9H2,1-3H3,(H2,20,22,25). The average molecular weight is 353 g/mol. The van der Waals surface area contributed by atoms with Crippen molar-refractivity contribution in [3.05, 3.63) is 47.4 Å². The zero-order valence-electron chi connectivity index (χ0n) is 14.0. The van der Waals surface area contributed by atoms with Crippen molar-refractivity contribution >= 4 is 17.5 Å². The van der Waals surface area contributed by atoms with Crippen LogP contribution in [0.3, 0.4) is 0 Å². The van der Waals surface area contributed by atoms with Crippen LogP contribution in [0.25, 0.3) is 0 Å². The highest BCUT2D eigenvalue weighted by Crippen LogP contribution is 2.30. The molecule has 1 aromatic carbocycles. The second kappa shape index (κ2) is 7.37. The van der Waals surface area contributed by atoms with E-state index in [0.717, 1.165) is 17.8 Å². The Bertz CT molecular complexity index is 762. The van der Waals surface area contributed by atoms with Crippen molar-refractivity contribution in [2.45, 2.75) is 19.6 Å². The van der Waals surface area contributed by atoms with Crippen LogP contribution in [0.2, 0.25) is 0 Å². The molecule has 2 rings (SSSR count). The Labute approximate surface area is 143 Å². The molecule has 25 heavy (non-hydrogen) atoms. The van der Waals surface area contributed by atoms with Crippen molar-refractivity contribution in [2.24, 2.45) is 0 Å². The second-order valence-corrected chi connectivity index (χ2v) is 5.56. The summed E-state index contributed by atoms with van der Waals surface area (Å²) in [4.78, 5) is 22.2. The number of urea groups is 1. The van der Waals surface area contributed by atoms with Crippen molar-refractivity contribution in [3.63, 3.8) is 0 Å². The zero-order valence-corrected chi connectivity index (χ0v) is 14.0. The molecule has 2 N–H and O–H groups in total. The second-order valence-electron chi connectivity index (χ2n) is 5.56. The molecule has 9 heteroatoms. The molecule has 0 spiro atoms. The molecule has 0 atom stereocenters. The van der Waals surface area contributed by atoms with Gasteiger partial charge >= 0.3 is 12.2 Å². The maximum Gasteiger partial charge on any atom is 0.416 e. The lowest BCUT2D eigenvalue weighted by atomic mass is 10.2. The molecule has 0 bridgehead atoms. The van der Waals surface area contributed by atoms with Crippen LogP contribution in [-0.4, -0.2) is 30.1 Å². The molecule has 1 aromatic heterocycles. The predicted octanol–water partition coefficient (Wildman–Crippen LogP) is 3.19. The van der Waals surface area contributed by atoms with Gasteiger partial charge in [0.25, 0.3) is 0 Å². The van der Waals surface area contributed by atoms with Crippen molar-refractivity contribution < 1.29 is 18.0 Å². The molecule has 2 aromatic rings. The quantitative estimate of drug-likeness (QED) is 0.886. The van der Waals surface area contributed by atoms with Crippen LogP contribution in [0.15, 0.2) is 30.3 Å². The van der Waals surface area contributed by atoms with Crippen LogP contribution in [0.1, 0.15) is 17.1 Å². The maximum atomic E-state index is 12.7. The van der Waals surface area contributed by atoms with E-state index in [2.05, 4.69) is 20.6 Å². The Morgan fingerprint density at radius 2 is 1.92 bits per heavy atom. The number of hydrogen-bond donors (Lipinski definition) is 2. The summed E-state index contributed by atoms with van der Waals surface area (Å²) in [7, 11) is 3.67. The van der Waals surface area contributed by atoms with Gasteiger partial charge in [0.05, 0.1) is 12.1 Å². The lowest BCUT2D eigenvalue weighted by Crippen LogP contribution is -2.29. The number of hydrogen-bond acceptors (Lipinski definition) is 4. The Kier molecular flexibility index (Phi) is 5.45. The fourth-order valence-corrected chi connectivity index (χ4v) is 2.03. The normalized spacial score (nSPS) is 11.1. The van der Waals surface area contributed by atoms with Crippen molar-refractivity contribution in [1.29, 1.82) is 0 Å². The predicted molar refractivity (Wildman–Crippen MR) is 88.4 cm³/mol. The van der Waals surface area contributed by atoms with Crippen molar-refractivity contribution in [2.75, 3.05) is 24.3 Å². The van der Waals surface area contributed by atoms with E-state index in [0.29, 0.717) is 11.6 Å². The van der Waals surface area contributed by atoms with Gasteiger partial charge in [0.2, 0.25) is 0 Å². The largest absolute Gasteiger partial charge is 0.416 e. The van der Waals surface area contributed by atoms with Gasteiger partial charge in [0.1, 0.15) is 11.6 Å². The number of aromatic nitrogens is 2. The number of carbonyl (C=O) groups excluding carboxylic acids is 1. The number of rotatable bonds is 4. The summed E-state index contributed by atoms with van der Waals surface area (Å²) in [6, 6.07) is 5.56. The fourth-order valence-electron chi connectivity index (χ4n) is 2.03. The molecule has 0 saturated carbocycles. The number of nitrogens with one attached hydrogen (secondary N) is 2. The van der Waals surface area contributed by atoms with Gasteiger partial charge in [-0.2, -0.15) is 13.2 Å². The minimum Gasteiger partial charge on any atom is -0.363 e. The van der Waals surface area contributed by atoms with E-state index in [1.807, 2.05) is 14.1 Å². The summed E-state index contributed by atoms with van der Waals surface area (Å²) >= 11 is 0. The molecule has 6 nitrogen and oxygen atoms in total. The van der Waals surface area contributed by atoms with Crippen LogP contribution in [0.4, 0.5) is 29.5 Å². The monoisotopic (exact) mass is 353 g/mol. The first-order chi connectivity index (χ1) is 11.6. The van der Waals surface area contributed by atoms with Gasteiger partial charge in [0, 0.05) is 31.5 Å². The molecule has 0 aliphatic heterocycles. The summed E-state index contributed by atoms with van der Waals surface area (Å²) in [5.74, 6) is 1.10. The third-order valence-corrected chi connectivity index (χ3v) is 3.20. The van der Waals surface area contributed by atoms with E-state index < -0.39 is 17.8 Å². The van der Waals surface area contributed by atoms with Crippen LogP contribution >= 0.6 is 0 Å². The maximum absolute atomic E-state index is 12.7. The van der Waals surface area contributed by atoms with E-state index >= 15 is 0 Å². The summed E-state index contributed by atoms with van der Waals surface area (Å²) in [6.07, 6.45) is -4.47. The fraction of sp³-hybridized carbons (Fsp3) is 0.312. The number of benzene rings is 1. The number of alkyl halides is 3. The Morgan fingerprint density at radius 1 is 1.20 bits per heavy atom. The molecular weight excluding hydrogens is 335 g/mol. The Balaban J connectivity index is 2.00. The van der Waals surface area contributed by atoms with Crippen LogP contribution in [-0.2, 0) is 12.7 Å². The summed E-state index contributed by atoms with van der Waals surface area (Å²) in [5, 5.41) is 4.88. The lowest BCUT2D eigenvalue weighted by Gasteiger charge is -2.14. The minimum atomic E-state index is -4.47. The van der Waals surface area contributed by atoms with Crippen LogP contribution in [0.5, 0.6) is 0 Å². The Morgan fingerprint density at radius 3 is 2.56 bits per heavy atom. The van der Waals surface area contributed by atoms with Gasteiger partial charge in [0.15, 0.2) is 0 Å². The molecule has 0 saturated heterocycles. The first-order valence-corrected chi connectivity index (χ1v) is 7.39. The summed E-state index contributed by atoms with van der Waals surface area (Å²) < 4.78 is 38.0. The van der Waals surface area contributed by atoms with Gasteiger partial charge in [-0.3, -0.25) is 0 Å². The molecule has 0 aliphatic rings. The molecular formula is C16H18F3N5O. The Hall–Kier alpha value is -2.84. The van der Waals surface area contributed by atoms with E-state index in [1.54, 1.807) is 17.9 Å².